The Kier molecular flexibility index (Phi) is 3.57. The van der Waals surface area contributed by atoms with Crippen molar-refractivity contribution in [1.29, 1.82) is 0 Å². The summed E-state index contributed by atoms with van der Waals surface area (Å²) < 4.78 is 40.2. The minimum Gasteiger partial charge on any atom is -0.506 e. The Morgan fingerprint density at radius 1 is 1.00 bits per heavy atom. The van der Waals surface area contributed by atoms with Gasteiger partial charge in [0.2, 0.25) is 0 Å². The van der Waals surface area contributed by atoms with Gasteiger partial charge >= 0.3 is 6.36 Å². The standard InChI is InChI=1S/C13H8ClF3O2/c14-11-7-9(4-5-12(11)18)8-2-1-3-10(6-8)19-13(15,16)17/h1-7,18H. The summed E-state index contributed by atoms with van der Waals surface area (Å²) in [7, 11) is 0. The third-order valence-corrected chi connectivity index (χ3v) is 2.65. The Hall–Kier alpha value is -1.88. The quantitative estimate of drug-likeness (QED) is 0.874. The summed E-state index contributed by atoms with van der Waals surface area (Å²) >= 11 is 5.75. The van der Waals surface area contributed by atoms with Crippen LogP contribution in [0.25, 0.3) is 11.1 Å². The number of ether oxygens (including phenoxy) is 1. The van der Waals surface area contributed by atoms with Gasteiger partial charge in [-0.2, -0.15) is 0 Å². The highest BCUT2D eigenvalue weighted by Gasteiger charge is 2.31. The SMILES string of the molecule is Oc1ccc(-c2cccc(OC(F)(F)F)c2)cc1Cl. The largest absolute Gasteiger partial charge is 0.573 e. The summed E-state index contributed by atoms with van der Waals surface area (Å²) in [6.07, 6.45) is -4.73. The van der Waals surface area contributed by atoms with E-state index in [2.05, 4.69) is 4.74 Å². The Morgan fingerprint density at radius 3 is 2.32 bits per heavy atom. The van der Waals surface area contributed by atoms with Gasteiger partial charge in [0.05, 0.1) is 5.02 Å². The van der Waals surface area contributed by atoms with Crippen LogP contribution in [0.5, 0.6) is 11.5 Å². The van der Waals surface area contributed by atoms with E-state index < -0.39 is 6.36 Å². The molecule has 0 unspecified atom stereocenters. The zero-order valence-electron chi connectivity index (χ0n) is 9.41. The Labute approximate surface area is 112 Å². The van der Waals surface area contributed by atoms with E-state index >= 15 is 0 Å². The van der Waals surface area contributed by atoms with Crippen molar-refractivity contribution >= 4 is 11.6 Å². The number of alkyl halides is 3. The molecule has 19 heavy (non-hydrogen) atoms. The Bertz CT molecular complexity index is 597. The van der Waals surface area contributed by atoms with E-state index in [9.17, 15) is 18.3 Å². The van der Waals surface area contributed by atoms with E-state index in [1.54, 1.807) is 12.1 Å². The van der Waals surface area contributed by atoms with Crippen LogP contribution in [0.2, 0.25) is 5.02 Å². The average molecular weight is 289 g/mol. The van der Waals surface area contributed by atoms with Crippen molar-refractivity contribution in [2.75, 3.05) is 0 Å². The van der Waals surface area contributed by atoms with Crippen molar-refractivity contribution in [3.05, 3.63) is 47.5 Å². The van der Waals surface area contributed by atoms with Crippen molar-refractivity contribution < 1.29 is 23.0 Å². The third kappa shape index (κ3) is 3.54. The molecule has 6 heteroatoms. The van der Waals surface area contributed by atoms with Gasteiger partial charge in [0, 0.05) is 0 Å². The molecular formula is C13H8ClF3O2. The van der Waals surface area contributed by atoms with E-state index in [4.69, 9.17) is 11.6 Å². The lowest BCUT2D eigenvalue weighted by atomic mass is 10.1. The minimum absolute atomic E-state index is 0.0897. The monoisotopic (exact) mass is 288 g/mol. The van der Waals surface area contributed by atoms with E-state index in [1.807, 2.05) is 0 Å². The van der Waals surface area contributed by atoms with Crippen molar-refractivity contribution in [3.63, 3.8) is 0 Å². The molecule has 0 radical (unpaired) electrons. The molecule has 0 aliphatic carbocycles. The van der Waals surface area contributed by atoms with E-state index in [0.29, 0.717) is 11.1 Å². The van der Waals surface area contributed by atoms with Gasteiger partial charge in [-0.15, -0.1) is 13.2 Å². The number of aromatic hydroxyl groups is 1. The number of rotatable bonds is 2. The molecule has 0 spiro atoms. The number of phenolic OH excluding ortho intramolecular Hbond substituents is 1. The number of halogens is 4. The summed E-state index contributed by atoms with van der Waals surface area (Å²) in [6, 6.07) is 9.89. The number of hydrogen-bond acceptors (Lipinski definition) is 2. The van der Waals surface area contributed by atoms with Crippen LogP contribution in [0.3, 0.4) is 0 Å². The molecule has 0 amide bonds. The van der Waals surface area contributed by atoms with Crippen LogP contribution >= 0.6 is 11.6 Å². The normalized spacial score (nSPS) is 11.4. The molecule has 2 rings (SSSR count). The molecule has 2 aromatic rings. The third-order valence-electron chi connectivity index (χ3n) is 2.35. The lowest BCUT2D eigenvalue weighted by molar-refractivity contribution is -0.274. The van der Waals surface area contributed by atoms with Crippen LogP contribution < -0.4 is 4.74 Å². The maximum Gasteiger partial charge on any atom is 0.573 e. The van der Waals surface area contributed by atoms with Crippen LogP contribution in [0.15, 0.2) is 42.5 Å². The fourth-order valence-corrected chi connectivity index (χ4v) is 1.74. The highest BCUT2D eigenvalue weighted by Crippen LogP contribution is 2.32. The van der Waals surface area contributed by atoms with Gasteiger partial charge < -0.3 is 9.84 Å². The highest BCUT2D eigenvalue weighted by molar-refractivity contribution is 6.32. The second-order valence-electron chi connectivity index (χ2n) is 3.74. The predicted octanol–water partition coefficient (Wildman–Crippen LogP) is 4.61. The van der Waals surface area contributed by atoms with Gasteiger partial charge in [-0.05, 0) is 35.4 Å². The second-order valence-corrected chi connectivity index (χ2v) is 4.15. The van der Waals surface area contributed by atoms with Gasteiger partial charge in [-0.1, -0.05) is 29.8 Å². The van der Waals surface area contributed by atoms with Crippen LogP contribution in [0.1, 0.15) is 0 Å². The first-order chi connectivity index (χ1) is 8.85. The van der Waals surface area contributed by atoms with Crippen molar-refractivity contribution in [2.24, 2.45) is 0 Å². The van der Waals surface area contributed by atoms with Crippen molar-refractivity contribution in [2.45, 2.75) is 6.36 Å². The average Bonchev–Trinajstić information content (AvgIpc) is 2.31. The molecule has 0 aliphatic rings. The molecular weight excluding hydrogens is 281 g/mol. The molecule has 2 nitrogen and oxygen atoms in total. The molecule has 0 aromatic heterocycles. The van der Waals surface area contributed by atoms with Gasteiger partial charge in [-0.3, -0.25) is 0 Å². The van der Waals surface area contributed by atoms with E-state index in [-0.39, 0.29) is 16.5 Å². The molecule has 0 fully saturated rings. The van der Waals surface area contributed by atoms with Crippen molar-refractivity contribution in [1.82, 2.24) is 0 Å². The first-order valence-corrected chi connectivity index (χ1v) is 5.58. The molecule has 0 saturated carbocycles. The second kappa shape index (κ2) is 5.01. The summed E-state index contributed by atoms with van der Waals surface area (Å²) in [5.41, 5.74) is 1.08. The molecule has 0 saturated heterocycles. The van der Waals surface area contributed by atoms with Gasteiger partial charge in [0.15, 0.2) is 0 Å². The molecule has 1 N–H and O–H groups in total. The molecule has 2 aromatic carbocycles. The first kappa shape index (κ1) is 13.5. The number of hydrogen-bond donors (Lipinski definition) is 1. The molecule has 0 bridgehead atoms. The van der Waals surface area contributed by atoms with E-state index in [0.717, 1.165) is 0 Å². The molecule has 0 aliphatic heterocycles. The first-order valence-electron chi connectivity index (χ1n) is 5.20. The van der Waals surface area contributed by atoms with Gasteiger partial charge in [-0.25, -0.2) is 0 Å². The van der Waals surface area contributed by atoms with Crippen molar-refractivity contribution in [3.8, 4) is 22.6 Å². The summed E-state index contributed by atoms with van der Waals surface area (Å²) in [5, 5.41) is 9.42. The fourth-order valence-electron chi connectivity index (χ4n) is 1.56. The Morgan fingerprint density at radius 2 is 1.68 bits per heavy atom. The fraction of sp³-hybridized carbons (Fsp3) is 0.0769. The Balaban J connectivity index is 2.35. The number of phenols is 1. The molecule has 100 valence electrons. The lowest BCUT2D eigenvalue weighted by Crippen LogP contribution is -2.17. The van der Waals surface area contributed by atoms with Gasteiger partial charge in [0.25, 0.3) is 0 Å². The summed E-state index contributed by atoms with van der Waals surface area (Å²) in [5.74, 6) is -0.401. The molecule has 0 atom stereocenters. The summed E-state index contributed by atoms with van der Waals surface area (Å²) in [4.78, 5) is 0. The maximum absolute atomic E-state index is 12.1. The predicted molar refractivity (Wildman–Crippen MR) is 65.2 cm³/mol. The molecule has 0 heterocycles. The lowest BCUT2D eigenvalue weighted by Gasteiger charge is -2.10. The topological polar surface area (TPSA) is 29.5 Å². The van der Waals surface area contributed by atoms with E-state index in [1.165, 1.54) is 30.3 Å². The smallest absolute Gasteiger partial charge is 0.506 e. The zero-order chi connectivity index (χ0) is 14.0. The van der Waals surface area contributed by atoms with Gasteiger partial charge in [0.1, 0.15) is 11.5 Å². The van der Waals surface area contributed by atoms with Crippen LogP contribution in [-0.4, -0.2) is 11.5 Å². The minimum atomic E-state index is -4.73. The highest BCUT2D eigenvalue weighted by atomic mass is 35.5. The summed E-state index contributed by atoms with van der Waals surface area (Å²) in [6.45, 7) is 0. The van der Waals surface area contributed by atoms with Crippen LogP contribution in [-0.2, 0) is 0 Å². The van der Waals surface area contributed by atoms with Crippen LogP contribution in [0.4, 0.5) is 13.2 Å². The van der Waals surface area contributed by atoms with Crippen LogP contribution in [0, 0.1) is 0 Å². The number of benzene rings is 2. The maximum atomic E-state index is 12.1. The zero-order valence-corrected chi connectivity index (χ0v) is 10.2.